The molecule has 5 nitrogen and oxygen atoms in total. The van der Waals surface area contributed by atoms with Crippen LogP contribution in [0.25, 0.3) is 4.98 Å². The second-order valence-corrected chi connectivity index (χ2v) is 3.28. The lowest BCUT2D eigenvalue weighted by Crippen LogP contribution is -1.91. The first-order chi connectivity index (χ1) is 7.19. The number of hydrogen-bond donors (Lipinski definition) is 0. The van der Waals surface area contributed by atoms with E-state index >= 15 is 0 Å². The molecule has 0 aromatic heterocycles. The van der Waals surface area contributed by atoms with Crippen molar-refractivity contribution in [3.05, 3.63) is 38.9 Å². The summed E-state index contributed by atoms with van der Waals surface area (Å²) in [5.41, 5.74) is 0.752. The third kappa shape index (κ3) is 2.74. The smallest absolute Gasteiger partial charge is 0.258 e. The van der Waals surface area contributed by atoms with Crippen LogP contribution in [0.5, 0.6) is 0 Å². The van der Waals surface area contributed by atoms with Crippen molar-refractivity contribution in [3.8, 4) is 0 Å². The lowest BCUT2D eigenvalue weighted by Gasteiger charge is -1.97. The van der Waals surface area contributed by atoms with Crippen molar-refractivity contribution < 1.29 is 4.92 Å². The summed E-state index contributed by atoms with van der Waals surface area (Å²) < 4.78 is 0. The molecule has 0 radical (unpaired) electrons. The molecule has 1 aromatic rings. The molecule has 78 valence electrons. The summed E-state index contributed by atoms with van der Waals surface area (Å²) >= 11 is 0. The van der Waals surface area contributed by atoms with Crippen molar-refractivity contribution in [3.63, 3.8) is 0 Å². The number of rotatable bonds is 4. The lowest BCUT2D eigenvalue weighted by molar-refractivity contribution is -0.383. The highest BCUT2D eigenvalue weighted by Gasteiger charge is 2.24. The second kappa shape index (κ2) is 5.05. The van der Waals surface area contributed by atoms with Gasteiger partial charge in [-0.25, -0.2) is 0 Å². The maximum atomic E-state index is 10.6. The van der Waals surface area contributed by atoms with Gasteiger partial charge in [-0.1, -0.05) is 19.4 Å². The first-order valence-electron chi connectivity index (χ1n) is 4.81. The Labute approximate surface area is 87.5 Å². The highest BCUT2D eigenvalue weighted by molar-refractivity contribution is 5.62. The fourth-order valence-corrected chi connectivity index (χ4v) is 1.34. The van der Waals surface area contributed by atoms with E-state index in [4.69, 9.17) is 5.39 Å². The number of aryl methyl sites for hydroxylation is 1. The second-order valence-electron chi connectivity index (χ2n) is 3.28. The molecule has 0 unspecified atom stereocenters. The molecule has 5 heteroatoms. The molecule has 0 amide bonds. The summed E-state index contributed by atoms with van der Waals surface area (Å²) in [6, 6.07) is 4.67. The standard InChI is InChI=1S/C10H12N3O2/c1-2-3-4-8-5-6-9(12-11)10(7-8)13(14)15/h5-7H,2-4H2,1H3/q+1. The quantitative estimate of drug-likeness (QED) is 0.430. The molecule has 1 aromatic carbocycles. The molecule has 0 aliphatic rings. The Morgan fingerprint density at radius 1 is 1.53 bits per heavy atom. The van der Waals surface area contributed by atoms with Crippen LogP contribution in [0.1, 0.15) is 25.3 Å². The Hall–Kier alpha value is -1.96. The van der Waals surface area contributed by atoms with Crippen molar-refractivity contribution in [2.24, 2.45) is 0 Å². The van der Waals surface area contributed by atoms with Crippen LogP contribution < -0.4 is 0 Å². The Morgan fingerprint density at radius 3 is 2.80 bits per heavy atom. The number of benzene rings is 1. The van der Waals surface area contributed by atoms with E-state index < -0.39 is 4.92 Å². The van der Waals surface area contributed by atoms with E-state index in [-0.39, 0.29) is 11.4 Å². The van der Waals surface area contributed by atoms with Crippen LogP contribution in [0, 0.1) is 15.5 Å². The van der Waals surface area contributed by atoms with Crippen LogP contribution in [-0.4, -0.2) is 4.92 Å². The van der Waals surface area contributed by atoms with E-state index in [1.807, 2.05) is 0 Å². The minimum atomic E-state index is -0.537. The van der Waals surface area contributed by atoms with Crippen molar-refractivity contribution in [1.29, 1.82) is 5.39 Å². The van der Waals surface area contributed by atoms with E-state index in [2.05, 4.69) is 11.9 Å². The van der Waals surface area contributed by atoms with Gasteiger partial charge in [-0.2, -0.15) is 0 Å². The SMILES string of the molecule is CCCCc1ccc([N+]#N)c([N+](=O)[O-])c1. The maximum absolute atomic E-state index is 10.6. The van der Waals surface area contributed by atoms with Crippen LogP contribution in [0.3, 0.4) is 0 Å². The maximum Gasteiger partial charge on any atom is 0.461 e. The molecule has 0 atom stereocenters. The molecular formula is C10H12N3O2+. The third-order valence-corrected chi connectivity index (χ3v) is 2.16. The van der Waals surface area contributed by atoms with Gasteiger partial charge in [0.2, 0.25) is 5.39 Å². The normalized spacial score (nSPS) is 9.60. The van der Waals surface area contributed by atoms with Crippen LogP contribution in [0.15, 0.2) is 18.2 Å². The molecule has 0 spiro atoms. The molecule has 0 heterocycles. The van der Waals surface area contributed by atoms with E-state index in [0.29, 0.717) is 0 Å². The Kier molecular flexibility index (Phi) is 3.75. The summed E-state index contributed by atoms with van der Waals surface area (Å²) in [6.07, 6.45) is 2.84. The van der Waals surface area contributed by atoms with E-state index in [1.54, 1.807) is 6.07 Å². The number of diazo groups is 1. The summed E-state index contributed by atoms with van der Waals surface area (Å²) in [4.78, 5) is 13.0. The molecule has 0 fully saturated rings. The van der Waals surface area contributed by atoms with Gasteiger partial charge >= 0.3 is 11.4 Å². The number of unbranched alkanes of at least 4 members (excludes halogenated alkanes) is 1. The molecule has 15 heavy (non-hydrogen) atoms. The Bertz CT molecular complexity index is 410. The van der Waals surface area contributed by atoms with Gasteiger partial charge in [0.25, 0.3) is 0 Å². The molecule has 0 N–H and O–H groups in total. The number of hydrogen-bond acceptors (Lipinski definition) is 3. The van der Waals surface area contributed by atoms with Crippen LogP contribution in [-0.2, 0) is 6.42 Å². The predicted octanol–water partition coefficient (Wildman–Crippen LogP) is 3.42. The average molecular weight is 206 g/mol. The van der Waals surface area contributed by atoms with Crippen molar-refractivity contribution in [2.75, 3.05) is 0 Å². The topological polar surface area (TPSA) is 71.3 Å². The molecule has 1 rings (SSSR count). The first-order valence-corrected chi connectivity index (χ1v) is 4.81. The Morgan fingerprint density at radius 2 is 2.27 bits per heavy atom. The Balaban J connectivity index is 3.01. The van der Waals surface area contributed by atoms with Gasteiger partial charge in [0.05, 0.1) is 4.92 Å². The van der Waals surface area contributed by atoms with Crippen molar-refractivity contribution >= 4 is 11.4 Å². The first kappa shape index (κ1) is 11.1. The van der Waals surface area contributed by atoms with Gasteiger partial charge in [-0.05, 0) is 18.4 Å². The minimum Gasteiger partial charge on any atom is -0.258 e. The average Bonchev–Trinajstić information content (AvgIpc) is 2.25. The zero-order valence-electron chi connectivity index (χ0n) is 8.51. The van der Waals surface area contributed by atoms with Crippen molar-refractivity contribution in [1.82, 2.24) is 0 Å². The zero-order chi connectivity index (χ0) is 11.3. The molecule has 0 aliphatic carbocycles. The van der Waals surface area contributed by atoms with Crippen molar-refractivity contribution in [2.45, 2.75) is 26.2 Å². The van der Waals surface area contributed by atoms with E-state index in [0.717, 1.165) is 24.8 Å². The van der Waals surface area contributed by atoms with Gasteiger partial charge in [-0.15, -0.1) is 0 Å². The van der Waals surface area contributed by atoms with Gasteiger partial charge in [0.15, 0.2) is 4.98 Å². The summed E-state index contributed by atoms with van der Waals surface area (Å²) in [5.74, 6) is 0. The summed E-state index contributed by atoms with van der Waals surface area (Å²) in [7, 11) is 0. The number of nitrogens with zero attached hydrogens (tertiary/aromatic N) is 3. The molecular weight excluding hydrogens is 194 g/mol. The van der Waals surface area contributed by atoms with Crippen LogP contribution in [0.4, 0.5) is 11.4 Å². The fourth-order valence-electron chi connectivity index (χ4n) is 1.34. The number of nitro benzene ring substituents is 1. The van der Waals surface area contributed by atoms with Gasteiger partial charge in [0.1, 0.15) is 0 Å². The predicted molar refractivity (Wildman–Crippen MR) is 56.5 cm³/mol. The monoisotopic (exact) mass is 206 g/mol. The lowest BCUT2D eigenvalue weighted by atomic mass is 10.1. The van der Waals surface area contributed by atoms with E-state index in [1.165, 1.54) is 12.1 Å². The fraction of sp³-hybridized carbons (Fsp3) is 0.400. The summed E-state index contributed by atoms with van der Waals surface area (Å²) in [6.45, 7) is 2.06. The van der Waals surface area contributed by atoms with Gasteiger partial charge in [-0.3, -0.25) is 10.1 Å². The van der Waals surface area contributed by atoms with E-state index in [9.17, 15) is 10.1 Å². The van der Waals surface area contributed by atoms with Gasteiger partial charge in [0, 0.05) is 12.1 Å². The van der Waals surface area contributed by atoms with Crippen LogP contribution >= 0.6 is 0 Å². The molecule has 0 aliphatic heterocycles. The number of nitro groups is 1. The highest BCUT2D eigenvalue weighted by Crippen LogP contribution is 2.28. The molecule has 0 saturated heterocycles. The third-order valence-electron chi connectivity index (χ3n) is 2.16. The van der Waals surface area contributed by atoms with Crippen LogP contribution in [0.2, 0.25) is 0 Å². The molecule has 0 saturated carbocycles. The van der Waals surface area contributed by atoms with Gasteiger partial charge < -0.3 is 0 Å². The zero-order valence-corrected chi connectivity index (χ0v) is 8.51. The largest absolute Gasteiger partial charge is 0.461 e. The minimum absolute atomic E-state index is 0.000230. The molecule has 0 bridgehead atoms. The highest BCUT2D eigenvalue weighted by atomic mass is 16.6. The summed E-state index contributed by atoms with van der Waals surface area (Å²) in [5, 5.41) is 19.2.